The molecule has 3 nitrogen and oxygen atoms in total. The van der Waals surface area contributed by atoms with Gasteiger partial charge in [-0.1, -0.05) is 0 Å². The molecule has 1 rings (SSSR count). The van der Waals surface area contributed by atoms with Crippen LogP contribution < -0.4 is 5.73 Å². The highest BCUT2D eigenvalue weighted by Gasteiger charge is 2.36. The largest absolute Gasteiger partial charge is 0.385 e. The number of hydrogen-bond donors (Lipinski definition) is 2. The van der Waals surface area contributed by atoms with E-state index in [9.17, 15) is 0 Å². The van der Waals surface area contributed by atoms with Crippen molar-refractivity contribution < 1.29 is 4.74 Å². The van der Waals surface area contributed by atoms with E-state index in [1.54, 1.807) is 0 Å². The Morgan fingerprint density at radius 1 is 1.86 bits per heavy atom. The summed E-state index contributed by atoms with van der Waals surface area (Å²) in [6.45, 7) is 1.89. The van der Waals surface area contributed by atoms with E-state index in [0.29, 0.717) is 0 Å². The summed E-state index contributed by atoms with van der Waals surface area (Å²) >= 11 is 0. The van der Waals surface area contributed by atoms with E-state index in [0.717, 1.165) is 0 Å². The van der Waals surface area contributed by atoms with Gasteiger partial charge in [0, 0.05) is 0 Å². The lowest BCUT2D eigenvalue weighted by Gasteiger charge is -1.81. The lowest BCUT2D eigenvalue weighted by molar-refractivity contribution is 0.405. The summed E-state index contributed by atoms with van der Waals surface area (Å²) in [5.74, 6) is 0.146. The minimum absolute atomic E-state index is 0.0694. The molecule has 1 heterocycles. The molecule has 1 saturated heterocycles. The average molecular weight is 100 g/mol. The zero-order valence-electron chi connectivity index (χ0n) is 4.14. The fourth-order valence-corrected chi connectivity index (χ4v) is 0.512. The normalized spacial score (nSPS) is 37.9. The zero-order valence-corrected chi connectivity index (χ0v) is 4.14. The van der Waals surface area contributed by atoms with Crippen molar-refractivity contribution >= 4 is 5.84 Å². The lowest BCUT2D eigenvalue weighted by Crippen LogP contribution is -2.17. The van der Waals surface area contributed by atoms with Crippen molar-refractivity contribution in [2.75, 3.05) is 0 Å². The number of hydrogen-bond acceptors (Lipinski definition) is 2. The van der Waals surface area contributed by atoms with Crippen molar-refractivity contribution in [2.24, 2.45) is 5.73 Å². The van der Waals surface area contributed by atoms with Crippen molar-refractivity contribution in [2.45, 2.75) is 19.1 Å². The Hall–Kier alpha value is -0.570. The summed E-state index contributed by atoms with van der Waals surface area (Å²) in [5, 5.41) is 6.79. The second-order valence-corrected chi connectivity index (χ2v) is 1.72. The number of ether oxygens (including phenoxy) is 1. The number of nitrogens with one attached hydrogen (secondary N) is 1. The van der Waals surface area contributed by atoms with Crippen LogP contribution in [0, 0.1) is 5.41 Å². The van der Waals surface area contributed by atoms with Crippen molar-refractivity contribution in [3.05, 3.63) is 0 Å². The van der Waals surface area contributed by atoms with Gasteiger partial charge in [0.2, 0.25) is 0 Å². The van der Waals surface area contributed by atoms with E-state index in [1.165, 1.54) is 0 Å². The fraction of sp³-hybridized carbons (Fsp3) is 0.750. The van der Waals surface area contributed by atoms with Crippen LogP contribution in [0.1, 0.15) is 6.92 Å². The summed E-state index contributed by atoms with van der Waals surface area (Å²) in [4.78, 5) is 0. The molecule has 1 aliphatic rings. The molecule has 7 heavy (non-hydrogen) atoms. The van der Waals surface area contributed by atoms with Crippen LogP contribution in [-0.4, -0.2) is 18.0 Å². The molecule has 1 aliphatic heterocycles. The minimum Gasteiger partial charge on any atom is -0.385 e. The number of nitrogens with two attached hydrogens (primary N) is 1. The van der Waals surface area contributed by atoms with Gasteiger partial charge >= 0.3 is 0 Å². The lowest BCUT2D eigenvalue weighted by atomic mass is 10.3. The molecule has 3 N–H and O–H groups in total. The first-order valence-corrected chi connectivity index (χ1v) is 2.21. The molecular weight excluding hydrogens is 92.1 g/mol. The van der Waals surface area contributed by atoms with Gasteiger partial charge in [-0.2, -0.15) is 0 Å². The SMILES string of the molecule is CC1OC1C(=N)N. The Morgan fingerprint density at radius 3 is 2.29 bits per heavy atom. The Bertz CT molecular complexity index is 102. The Kier molecular flexibility index (Phi) is 0.785. The number of amidine groups is 1. The fourth-order valence-electron chi connectivity index (χ4n) is 0.512. The van der Waals surface area contributed by atoms with Crippen molar-refractivity contribution in [3.63, 3.8) is 0 Å². The van der Waals surface area contributed by atoms with Gasteiger partial charge in [-0.05, 0) is 6.92 Å². The van der Waals surface area contributed by atoms with E-state index in [4.69, 9.17) is 15.9 Å². The van der Waals surface area contributed by atoms with E-state index < -0.39 is 0 Å². The number of epoxide rings is 1. The third-order valence-corrected chi connectivity index (χ3v) is 1.02. The molecule has 2 unspecified atom stereocenters. The Balaban J connectivity index is 2.33. The highest BCUT2D eigenvalue weighted by Crippen LogP contribution is 2.19. The molecule has 0 spiro atoms. The average Bonchev–Trinajstić information content (AvgIpc) is 2.17. The van der Waals surface area contributed by atoms with E-state index >= 15 is 0 Å². The van der Waals surface area contributed by atoms with Gasteiger partial charge in [0.1, 0.15) is 11.9 Å². The maximum Gasteiger partial charge on any atom is 0.140 e. The quantitative estimate of drug-likeness (QED) is 0.270. The van der Waals surface area contributed by atoms with E-state index in [1.807, 2.05) is 6.92 Å². The zero-order chi connectivity index (χ0) is 5.44. The molecule has 0 aromatic heterocycles. The van der Waals surface area contributed by atoms with Gasteiger partial charge in [-0.15, -0.1) is 0 Å². The smallest absolute Gasteiger partial charge is 0.140 e. The first-order chi connectivity index (χ1) is 3.22. The van der Waals surface area contributed by atoms with Gasteiger partial charge in [-0.3, -0.25) is 5.41 Å². The topological polar surface area (TPSA) is 62.4 Å². The first kappa shape index (κ1) is 4.59. The number of rotatable bonds is 1. The minimum atomic E-state index is -0.0694. The first-order valence-electron chi connectivity index (χ1n) is 2.21. The second kappa shape index (κ2) is 1.20. The van der Waals surface area contributed by atoms with Gasteiger partial charge in [0.05, 0.1) is 6.10 Å². The Morgan fingerprint density at radius 2 is 2.29 bits per heavy atom. The third kappa shape index (κ3) is 0.718. The molecule has 0 bridgehead atoms. The van der Waals surface area contributed by atoms with Crippen molar-refractivity contribution in [1.29, 1.82) is 5.41 Å². The highest BCUT2D eigenvalue weighted by atomic mass is 16.6. The van der Waals surface area contributed by atoms with Crippen LogP contribution in [0.25, 0.3) is 0 Å². The van der Waals surface area contributed by atoms with Gasteiger partial charge in [-0.25, -0.2) is 0 Å². The summed E-state index contributed by atoms with van der Waals surface area (Å²) in [5.41, 5.74) is 5.05. The molecule has 40 valence electrons. The van der Waals surface area contributed by atoms with Crippen LogP contribution in [0.15, 0.2) is 0 Å². The standard InChI is InChI=1S/C4H8N2O/c1-2-3(7-2)4(5)6/h2-3H,1H3,(H3,5,6). The molecule has 0 aromatic rings. The predicted octanol–water partition coefficient (Wildman–Crippen LogP) is -0.290. The monoisotopic (exact) mass is 100 g/mol. The van der Waals surface area contributed by atoms with Crippen LogP contribution in [0.3, 0.4) is 0 Å². The highest BCUT2D eigenvalue weighted by molar-refractivity contribution is 5.84. The molecule has 3 heteroatoms. The molecule has 0 radical (unpaired) electrons. The van der Waals surface area contributed by atoms with Crippen LogP contribution >= 0.6 is 0 Å². The summed E-state index contributed by atoms with van der Waals surface area (Å²) in [6, 6.07) is 0. The van der Waals surface area contributed by atoms with Crippen LogP contribution in [0.4, 0.5) is 0 Å². The molecule has 0 amide bonds. The van der Waals surface area contributed by atoms with Gasteiger partial charge in [0.15, 0.2) is 0 Å². The molecule has 0 saturated carbocycles. The Labute approximate surface area is 42.0 Å². The van der Waals surface area contributed by atoms with E-state index in [2.05, 4.69) is 0 Å². The molecule has 2 atom stereocenters. The summed E-state index contributed by atoms with van der Waals surface area (Å²) < 4.78 is 4.83. The third-order valence-electron chi connectivity index (χ3n) is 1.02. The molecule has 1 fully saturated rings. The molecular formula is C4H8N2O. The summed E-state index contributed by atoms with van der Waals surface area (Å²) in [6.07, 6.45) is 0.123. The van der Waals surface area contributed by atoms with Crippen LogP contribution in [0.5, 0.6) is 0 Å². The van der Waals surface area contributed by atoms with E-state index in [-0.39, 0.29) is 18.0 Å². The summed E-state index contributed by atoms with van der Waals surface area (Å²) in [7, 11) is 0. The second-order valence-electron chi connectivity index (χ2n) is 1.72. The molecule has 0 aromatic carbocycles. The molecule has 0 aliphatic carbocycles. The van der Waals surface area contributed by atoms with Crippen molar-refractivity contribution in [3.8, 4) is 0 Å². The van der Waals surface area contributed by atoms with Crippen LogP contribution in [-0.2, 0) is 4.74 Å². The maximum absolute atomic E-state index is 6.79. The predicted molar refractivity (Wildman–Crippen MR) is 26.2 cm³/mol. The van der Waals surface area contributed by atoms with Gasteiger partial charge in [0.25, 0.3) is 0 Å². The van der Waals surface area contributed by atoms with Gasteiger partial charge < -0.3 is 10.5 Å². The maximum atomic E-state index is 6.79. The van der Waals surface area contributed by atoms with Crippen molar-refractivity contribution in [1.82, 2.24) is 0 Å². The van der Waals surface area contributed by atoms with Crippen LogP contribution in [0.2, 0.25) is 0 Å².